The summed E-state index contributed by atoms with van der Waals surface area (Å²) in [6.45, 7) is 0. The van der Waals surface area contributed by atoms with Gasteiger partial charge < -0.3 is 5.32 Å². The molecule has 0 spiro atoms. The van der Waals surface area contributed by atoms with Crippen molar-refractivity contribution in [2.24, 2.45) is 0 Å². The van der Waals surface area contributed by atoms with Crippen LogP contribution in [0.4, 0.5) is 5.82 Å². The number of aromatic nitrogens is 3. The number of H-pyrrole nitrogens is 1. The Hall–Kier alpha value is -2.69. The number of aromatic amines is 1. The van der Waals surface area contributed by atoms with Crippen molar-refractivity contribution < 1.29 is 4.79 Å². The predicted molar refractivity (Wildman–Crippen MR) is 68.3 cm³/mol. The molecule has 0 aliphatic carbocycles. The lowest BCUT2D eigenvalue weighted by Crippen LogP contribution is -2.12. The summed E-state index contributed by atoms with van der Waals surface area (Å²) in [5.74, 6) is 0.305. The van der Waals surface area contributed by atoms with Crippen molar-refractivity contribution in [1.29, 1.82) is 0 Å². The SMILES string of the molecule is O=C(Nc1n[nH]c2ccccc12)c1cccnc1. The molecule has 5 heteroatoms. The van der Waals surface area contributed by atoms with Gasteiger partial charge in [-0.2, -0.15) is 5.10 Å². The molecule has 88 valence electrons. The Morgan fingerprint density at radius 3 is 2.89 bits per heavy atom. The highest BCUT2D eigenvalue weighted by molar-refractivity contribution is 6.07. The Morgan fingerprint density at radius 2 is 2.06 bits per heavy atom. The summed E-state index contributed by atoms with van der Waals surface area (Å²) in [6.07, 6.45) is 3.14. The summed E-state index contributed by atoms with van der Waals surface area (Å²) < 4.78 is 0. The lowest BCUT2D eigenvalue weighted by molar-refractivity contribution is 0.102. The number of benzene rings is 1. The van der Waals surface area contributed by atoms with Gasteiger partial charge in [0.2, 0.25) is 0 Å². The van der Waals surface area contributed by atoms with Gasteiger partial charge in [-0.05, 0) is 24.3 Å². The Bertz CT molecular complexity index is 690. The number of fused-ring (bicyclic) bond motifs is 1. The normalized spacial score (nSPS) is 10.4. The molecule has 0 aliphatic rings. The number of rotatable bonds is 2. The van der Waals surface area contributed by atoms with Crippen LogP contribution in [0.15, 0.2) is 48.8 Å². The largest absolute Gasteiger partial charge is 0.305 e. The summed E-state index contributed by atoms with van der Waals surface area (Å²) in [6, 6.07) is 11.0. The first-order chi connectivity index (χ1) is 8.84. The van der Waals surface area contributed by atoms with E-state index >= 15 is 0 Å². The molecule has 0 saturated heterocycles. The molecular weight excluding hydrogens is 228 g/mol. The number of carbonyl (C=O) groups is 1. The lowest BCUT2D eigenvalue weighted by atomic mass is 10.2. The smallest absolute Gasteiger partial charge is 0.258 e. The van der Waals surface area contributed by atoms with Crippen molar-refractivity contribution in [2.45, 2.75) is 0 Å². The number of anilines is 1. The molecule has 0 atom stereocenters. The molecule has 0 saturated carbocycles. The van der Waals surface area contributed by atoms with E-state index in [0.29, 0.717) is 11.4 Å². The lowest BCUT2D eigenvalue weighted by Gasteiger charge is -2.01. The Labute approximate surface area is 103 Å². The zero-order chi connectivity index (χ0) is 12.4. The number of para-hydroxylation sites is 1. The van der Waals surface area contributed by atoms with Crippen molar-refractivity contribution in [2.75, 3.05) is 5.32 Å². The minimum Gasteiger partial charge on any atom is -0.305 e. The van der Waals surface area contributed by atoms with Crippen LogP contribution >= 0.6 is 0 Å². The molecule has 2 aromatic heterocycles. The van der Waals surface area contributed by atoms with E-state index in [9.17, 15) is 4.79 Å². The number of hydrogen-bond acceptors (Lipinski definition) is 3. The maximum absolute atomic E-state index is 12.0. The minimum atomic E-state index is -0.222. The van der Waals surface area contributed by atoms with Gasteiger partial charge in [0, 0.05) is 17.8 Å². The second-order valence-corrected chi connectivity index (χ2v) is 3.81. The third kappa shape index (κ3) is 1.82. The first-order valence-corrected chi connectivity index (χ1v) is 5.49. The van der Waals surface area contributed by atoms with E-state index in [2.05, 4.69) is 20.5 Å². The Morgan fingerprint density at radius 1 is 1.17 bits per heavy atom. The van der Waals surface area contributed by atoms with Gasteiger partial charge in [-0.25, -0.2) is 0 Å². The second-order valence-electron chi connectivity index (χ2n) is 3.81. The molecule has 0 bridgehead atoms. The molecule has 1 amide bonds. The van der Waals surface area contributed by atoms with Gasteiger partial charge in [0.25, 0.3) is 5.91 Å². The van der Waals surface area contributed by atoms with Gasteiger partial charge in [0.1, 0.15) is 0 Å². The molecule has 18 heavy (non-hydrogen) atoms. The zero-order valence-electron chi connectivity index (χ0n) is 9.42. The summed E-state index contributed by atoms with van der Waals surface area (Å²) in [7, 11) is 0. The third-order valence-corrected chi connectivity index (χ3v) is 2.63. The van der Waals surface area contributed by atoms with Crippen LogP contribution in [0.3, 0.4) is 0 Å². The van der Waals surface area contributed by atoms with Crippen molar-refractivity contribution in [3.63, 3.8) is 0 Å². The van der Waals surface area contributed by atoms with E-state index in [4.69, 9.17) is 0 Å². The molecular formula is C13H10N4O. The molecule has 3 rings (SSSR count). The van der Waals surface area contributed by atoms with Crippen LogP contribution in [-0.4, -0.2) is 21.1 Å². The van der Waals surface area contributed by atoms with Crippen LogP contribution in [0.2, 0.25) is 0 Å². The highest BCUT2D eigenvalue weighted by Crippen LogP contribution is 2.19. The third-order valence-electron chi connectivity index (χ3n) is 2.63. The van der Waals surface area contributed by atoms with Gasteiger partial charge in [0.15, 0.2) is 5.82 Å². The molecule has 3 aromatic rings. The topological polar surface area (TPSA) is 70.7 Å². The average molecular weight is 238 g/mol. The first kappa shape index (κ1) is 10.5. The first-order valence-electron chi connectivity index (χ1n) is 5.49. The van der Waals surface area contributed by atoms with Crippen LogP contribution in [0.25, 0.3) is 10.9 Å². The quantitative estimate of drug-likeness (QED) is 0.719. The van der Waals surface area contributed by atoms with E-state index in [-0.39, 0.29) is 5.91 Å². The fraction of sp³-hybridized carbons (Fsp3) is 0. The Kier molecular flexibility index (Phi) is 2.49. The van der Waals surface area contributed by atoms with E-state index in [1.165, 1.54) is 6.20 Å². The van der Waals surface area contributed by atoms with Crippen molar-refractivity contribution in [3.8, 4) is 0 Å². The van der Waals surface area contributed by atoms with Gasteiger partial charge in [-0.3, -0.25) is 14.9 Å². The maximum Gasteiger partial charge on any atom is 0.258 e. The fourth-order valence-corrected chi connectivity index (χ4v) is 1.74. The zero-order valence-corrected chi connectivity index (χ0v) is 9.42. The van der Waals surface area contributed by atoms with Crippen LogP contribution in [0.5, 0.6) is 0 Å². The predicted octanol–water partition coefficient (Wildman–Crippen LogP) is 2.21. The van der Waals surface area contributed by atoms with Crippen LogP contribution in [0, 0.1) is 0 Å². The highest BCUT2D eigenvalue weighted by atomic mass is 16.1. The van der Waals surface area contributed by atoms with Crippen molar-refractivity contribution in [1.82, 2.24) is 15.2 Å². The molecule has 0 aliphatic heterocycles. The highest BCUT2D eigenvalue weighted by Gasteiger charge is 2.10. The number of amides is 1. The Balaban J connectivity index is 1.91. The summed E-state index contributed by atoms with van der Waals surface area (Å²) in [5, 5.41) is 10.6. The molecule has 2 N–H and O–H groups in total. The van der Waals surface area contributed by atoms with E-state index in [0.717, 1.165) is 10.9 Å². The second kappa shape index (κ2) is 4.29. The molecule has 1 aromatic carbocycles. The number of carbonyl (C=O) groups excluding carboxylic acids is 1. The molecule has 5 nitrogen and oxygen atoms in total. The van der Waals surface area contributed by atoms with Gasteiger partial charge in [-0.15, -0.1) is 0 Å². The van der Waals surface area contributed by atoms with Crippen molar-refractivity contribution >= 4 is 22.6 Å². The monoisotopic (exact) mass is 238 g/mol. The van der Waals surface area contributed by atoms with Crippen LogP contribution in [-0.2, 0) is 0 Å². The number of pyridine rings is 1. The summed E-state index contributed by atoms with van der Waals surface area (Å²) >= 11 is 0. The van der Waals surface area contributed by atoms with E-state index in [1.54, 1.807) is 18.3 Å². The van der Waals surface area contributed by atoms with Crippen molar-refractivity contribution in [3.05, 3.63) is 54.4 Å². The molecule has 0 radical (unpaired) electrons. The van der Waals surface area contributed by atoms with Gasteiger partial charge >= 0.3 is 0 Å². The van der Waals surface area contributed by atoms with Gasteiger partial charge in [-0.1, -0.05) is 12.1 Å². The minimum absolute atomic E-state index is 0.222. The van der Waals surface area contributed by atoms with Crippen LogP contribution < -0.4 is 5.32 Å². The van der Waals surface area contributed by atoms with Gasteiger partial charge in [0.05, 0.1) is 11.1 Å². The summed E-state index contributed by atoms with van der Waals surface area (Å²) in [5.41, 5.74) is 1.39. The van der Waals surface area contributed by atoms with E-state index < -0.39 is 0 Å². The summed E-state index contributed by atoms with van der Waals surface area (Å²) in [4.78, 5) is 15.9. The fourth-order valence-electron chi connectivity index (χ4n) is 1.74. The average Bonchev–Trinajstić information content (AvgIpc) is 2.83. The molecule has 0 unspecified atom stereocenters. The maximum atomic E-state index is 12.0. The van der Waals surface area contributed by atoms with E-state index in [1.807, 2.05) is 24.3 Å². The number of hydrogen-bond donors (Lipinski definition) is 2. The van der Waals surface area contributed by atoms with Crippen LogP contribution in [0.1, 0.15) is 10.4 Å². The number of nitrogens with zero attached hydrogens (tertiary/aromatic N) is 2. The standard InChI is InChI=1S/C13H10N4O/c18-13(9-4-3-7-14-8-9)15-12-10-5-1-2-6-11(10)16-17-12/h1-8H,(H2,15,16,17,18). The number of nitrogens with one attached hydrogen (secondary N) is 2. The molecule has 2 heterocycles. The molecule has 0 fully saturated rings.